The quantitative estimate of drug-likeness (QED) is 0.0220. The van der Waals surface area contributed by atoms with E-state index in [1.165, 1.54) is 154 Å². The van der Waals surface area contributed by atoms with Crippen LogP contribution in [0, 0.1) is 0 Å². The number of unbranched alkanes of at least 4 members (excludes halogenated alkanes) is 29. The highest BCUT2D eigenvalue weighted by atomic mass is 16.7. The van der Waals surface area contributed by atoms with Crippen LogP contribution in [-0.2, 0) is 23.7 Å². The second kappa shape index (κ2) is 44.4. The molecule has 17 nitrogen and oxygen atoms in total. The second-order valence-corrected chi connectivity index (χ2v) is 21.9. The molecule has 0 aromatic carbocycles. The van der Waals surface area contributed by atoms with Crippen LogP contribution < -0.4 is 5.32 Å². The van der Waals surface area contributed by atoms with E-state index in [4.69, 9.17) is 18.9 Å². The summed E-state index contributed by atoms with van der Waals surface area (Å²) in [5.41, 5.74) is 0. The number of rotatable bonds is 48. The minimum Gasteiger partial charge on any atom is -0.394 e. The molecule has 0 aliphatic carbocycles. The minimum absolute atomic E-state index is 0.173. The van der Waals surface area contributed by atoms with Crippen LogP contribution in [0.25, 0.3) is 0 Å². The number of hydrogen-bond acceptors (Lipinski definition) is 16. The number of aliphatic hydroxyl groups is 11. The third-order valence-corrected chi connectivity index (χ3v) is 15.3. The summed E-state index contributed by atoms with van der Waals surface area (Å²) in [5.74, 6) is -0.798. The summed E-state index contributed by atoms with van der Waals surface area (Å²) < 4.78 is 22.5. The van der Waals surface area contributed by atoms with Gasteiger partial charge in [-0.05, 0) is 32.1 Å². The van der Waals surface area contributed by atoms with E-state index in [-0.39, 0.29) is 12.8 Å². The summed E-state index contributed by atoms with van der Waals surface area (Å²) in [6.45, 7) is 2.36. The molecule has 2 heterocycles. The molecule has 2 fully saturated rings. The van der Waals surface area contributed by atoms with Crippen LogP contribution in [0.15, 0.2) is 12.2 Å². The lowest BCUT2D eigenvalue weighted by Crippen LogP contribution is -2.65. The van der Waals surface area contributed by atoms with E-state index in [1.807, 2.05) is 6.08 Å². The van der Waals surface area contributed by atoms with Crippen LogP contribution in [0.2, 0.25) is 0 Å². The molecule has 0 spiro atoms. The van der Waals surface area contributed by atoms with Crippen molar-refractivity contribution in [3.8, 4) is 0 Å². The van der Waals surface area contributed by atoms with E-state index in [0.717, 1.165) is 38.5 Å². The largest absolute Gasteiger partial charge is 0.394 e. The molecule has 444 valence electrons. The fraction of sp³-hybridized carbons (Fsp3) is 0.948. The highest BCUT2D eigenvalue weighted by molar-refractivity contribution is 5.80. The number of carbonyl (C=O) groups is 1. The van der Waals surface area contributed by atoms with Gasteiger partial charge in [-0.1, -0.05) is 212 Å². The van der Waals surface area contributed by atoms with Gasteiger partial charge in [-0.2, -0.15) is 0 Å². The Bertz CT molecular complexity index is 1360. The number of carbonyl (C=O) groups excluding carboxylic acids is 1. The Morgan fingerprint density at radius 3 is 1.39 bits per heavy atom. The van der Waals surface area contributed by atoms with Crippen LogP contribution in [0.3, 0.4) is 0 Å². The maximum atomic E-state index is 13.4. The molecule has 2 rings (SSSR count). The number of aliphatic hydroxyl groups excluding tert-OH is 11. The lowest BCUT2D eigenvalue weighted by molar-refractivity contribution is -0.359. The summed E-state index contributed by atoms with van der Waals surface area (Å²) in [6, 6.07) is -1.31. The Labute approximate surface area is 452 Å². The van der Waals surface area contributed by atoms with Gasteiger partial charge in [-0.15, -0.1) is 0 Å². The predicted octanol–water partition coefficient (Wildman–Crippen LogP) is 6.81. The van der Waals surface area contributed by atoms with E-state index in [0.29, 0.717) is 12.8 Å². The molecule has 0 radical (unpaired) electrons. The molecule has 0 aromatic heterocycles. The maximum Gasteiger partial charge on any atom is 0.249 e. The lowest BCUT2D eigenvalue weighted by atomic mass is 9.96. The molecule has 2 aliphatic rings. The predicted molar refractivity (Wildman–Crippen MR) is 290 cm³/mol. The summed E-state index contributed by atoms with van der Waals surface area (Å²) in [7, 11) is 0. The molecule has 1 amide bonds. The third-order valence-electron chi connectivity index (χ3n) is 15.3. The smallest absolute Gasteiger partial charge is 0.249 e. The number of nitrogens with one attached hydrogen (secondary N) is 1. The van der Waals surface area contributed by atoms with Crippen molar-refractivity contribution in [1.82, 2.24) is 5.32 Å². The normalized spacial score (nSPS) is 26.4. The molecular formula is C58H111NO16. The van der Waals surface area contributed by atoms with E-state index in [9.17, 15) is 61.0 Å². The summed E-state index contributed by atoms with van der Waals surface area (Å²) in [4.78, 5) is 13.4. The number of amides is 1. The maximum absolute atomic E-state index is 13.4. The lowest BCUT2D eigenvalue weighted by Gasteiger charge is -2.46. The summed E-state index contributed by atoms with van der Waals surface area (Å²) in [5, 5.41) is 120. The first kappa shape index (κ1) is 69.7. The Balaban J connectivity index is 1.86. The van der Waals surface area contributed by atoms with Gasteiger partial charge in [0.2, 0.25) is 5.91 Å². The Morgan fingerprint density at radius 1 is 0.480 bits per heavy atom. The van der Waals surface area contributed by atoms with Crippen molar-refractivity contribution in [3.05, 3.63) is 12.2 Å². The topological polar surface area (TPSA) is 289 Å². The first-order valence-corrected chi connectivity index (χ1v) is 30.2. The van der Waals surface area contributed by atoms with Gasteiger partial charge in [0.15, 0.2) is 12.6 Å². The number of hydrogen-bond donors (Lipinski definition) is 12. The molecule has 0 unspecified atom stereocenters. The van der Waals surface area contributed by atoms with Crippen molar-refractivity contribution in [3.63, 3.8) is 0 Å². The monoisotopic (exact) mass is 1080 g/mol. The molecule has 2 aliphatic heterocycles. The van der Waals surface area contributed by atoms with Gasteiger partial charge in [0, 0.05) is 6.42 Å². The molecule has 0 aromatic rings. The highest BCUT2D eigenvalue weighted by Crippen LogP contribution is 2.30. The highest BCUT2D eigenvalue weighted by Gasteiger charge is 2.51. The number of ether oxygens (including phenoxy) is 4. The molecule has 12 N–H and O–H groups in total. The molecule has 75 heavy (non-hydrogen) atoms. The zero-order chi connectivity index (χ0) is 55.1. The van der Waals surface area contributed by atoms with Crippen LogP contribution in [0.1, 0.15) is 239 Å². The Morgan fingerprint density at radius 2 is 0.907 bits per heavy atom. The van der Waals surface area contributed by atoms with Gasteiger partial charge >= 0.3 is 0 Å². The second-order valence-electron chi connectivity index (χ2n) is 21.9. The fourth-order valence-electron chi connectivity index (χ4n) is 10.2. The van der Waals surface area contributed by atoms with Crippen molar-refractivity contribution in [2.75, 3.05) is 19.8 Å². The zero-order valence-corrected chi connectivity index (χ0v) is 46.6. The van der Waals surface area contributed by atoms with Gasteiger partial charge < -0.3 is 80.4 Å². The zero-order valence-electron chi connectivity index (χ0n) is 46.6. The van der Waals surface area contributed by atoms with Crippen LogP contribution >= 0.6 is 0 Å². The molecular weight excluding hydrogens is 967 g/mol. The van der Waals surface area contributed by atoms with Crippen molar-refractivity contribution in [2.24, 2.45) is 0 Å². The molecule has 17 heteroatoms. The van der Waals surface area contributed by atoms with Crippen molar-refractivity contribution < 1.29 is 79.9 Å². The molecule has 0 bridgehead atoms. The van der Waals surface area contributed by atoms with Crippen LogP contribution in [0.5, 0.6) is 0 Å². The van der Waals surface area contributed by atoms with Gasteiger partial charge in [-0.25, -0.2) is 0 Å². The van der Waals surface area contributed by atoms with E-state index in [2.05, 4.69) is 25.2 Å². The van der Waals surface area contributed by atoms with Gasteiger partial charge in [-0.3, -0.25) is 4.79 Å². The SMILES string of the molecule is CCCCCCCCCCCCCCCCCC/C=C/CC[C@H](O)[C@H](O)C[C@H](O)[C@H](CO[C@@H]1O[C@H](CO)[C@@H](O[C@@H]2O[C@H](CO)[C@@H](O)[C@H](O)[C@H]2O)[C@H](O)[C@H]1O)NC(=O)[C@H](O)CCCCCCCCCCCCCCCC. The van der Waals surface area contributed by atoms with Gasteiger partial charge in [0.05, 0.1) is 44.2 Å². The van der Waals surface area contributed by atoms with Gasteiger partial charge in [0.1, 0.15) is 54.9 Å². The number of allylic oxidation sites excluding steroid dienone is 2. The van der Waals surface area contributed by atoms with Crippen molar-refractivity contribution in [1.29, 1.82) is 0 Å². The minimum atomic E-state index is -1.88. The van der Waals surface area contributed by atoms with Gasteiger partial charge in [0.25, 0.3) is 0 Å². The van der Waals surface area contributed by atoms with E-state index in [1.54, 1.807) is 0 Å². The third kappa shape index (κ3) is 30.1. The Hall–Kier alpha value is -1.39. The standard InChI is InChI=1S/C58H111NO16/c1-3-5-7-9-11-13-15-17-19-20-21-22-23-24-26-27-29-31-33-35-37-44(62)47(65)39-46(64)43(59-56(71)45(63)38-36-34-32-30-28-25-18-16-14-12-10-8-6-4-2)42-72-57-54(70)52(68)55(49(41-61)74-57)75-58-53(69)51(67)50(66)48(40-60)73-58/h31,33,43-55,57-58,60-70H,3-30,32,34-42H2,1-2H3,(H,59,71)/b33-31+/t43-,44-,45+,46-,47+,48+,49+,50+,51-,52+,53+,54+,55+,57+,58-/m0/s1. The molecule has 0 saturated carbocycles. The van der Waals surface area contributed by atoms with E-state index < -0.39 is 124 Å². The van der Waals surface area contributed by atoms with Crippen LogP contribution in [-0.4, -0.2) is 174 Å². The molecule has 2 saturated heterocycles. The first-order valence-electron chi connectivity index (χ1n) is 30.2. The summed E-state index contributed by atoms with van der Waals surface area (Å²) in [6.07, 6.45) is 20.4. The van der Waals surface area contributed by atoms with E-state index >= 15 is 0 Å². The average Bonchev–Trinajstić information content (AvgIpc) is 3.40. The average molecular weight is 1080 g/mol. The fourth-order valence-corrected chi connectivity index (χ4v) is 10.2. The van der Waals surface area contributed by atoms with Crippen molar-refractivity contribution >= 4 is 5.91 Å². The first-order chi connectivity index (χ1) is 36.3. The van der Waals surface area contributed by atoms with Crippen LogP contribution in [0.4, 0.5) is 0 Å². The molecule has 15 atom stereocenters. The summed E-state index contributed by atoms with van der Waals surface area (Å²) >= 11 is 0. The van der Waals surface area contributed by atoms with Crippen molar-refractivity contribution in [2.45, 2.75) is 330 Å². The Kier molecular flexibility index (Phi) is 41.2.